The molecule has 4 heteroatoms. The van der Waals surface area contributed by atoms with Crippen LogP contribution in [0.3, 0.4) is 0 Å². The molecule has 1 saturated heterocycles. The van der Waals surface area contributed by atoms with Gasteiger partial charge in [-0.2, -0.15) is 0 Å². The quantitative estimate of drug-likeness (QED) is 0.860. The molecule has 2 amide bonds. The van der Waals surface area contributed by atoms with Crippen LogP contribution in [-0.4, -0.2) is 23.4 Å². The van der Waals surface area contributed by atoms with Crippen molar-refractivity contribution in [2.75, 3.05) is 12.0 Å². The lowest BCUT2D eigenvalue weighted by Crippen LogP contribution is -2.35. The zero-order valence-corrected chi connectivity index (χ0v) is 11.8. The van der Waals surface area contributed by atoms with Crippen LogP contribution in [0.4, 0.5) is 5.69 Å². The zero-order chi connectivity index (χ0) is 14.1. The van der Waals surface area contributed by atoms with Gasteiger partial charge in [-0.1, -0.05) is 31.0 Å². The molecule has 3 rings (SSSR count). The largest absolute Gasteiger partial charge is 0.367 e. The Morgan fingerprint density at radius 1 is 1.10 bits per heavy atom. The number of rotatable bonds is 3. The number of amides is 2. The van der Waals surface area contributed by atoms with Crippen LogP contribution in [0.15, 0.2) is 24.3 Å². The van der Waals surface area contributed by atoms with Crippen LogP contribution in [0.1, 0.15) is 31.2 Å². The van der Waals surface area contributed by atoms with Crippen molar-refractivity contribution in [1.82, 2.24) is 4.90 Å². The Balaban J connectivity index is 1.70. The Hall–Kier alpha value is -1.84. The van der Waals surface area contributed by atoms with Gasteiger partial charge in [0.25, 0.3) is 0 Å². The first kappa shape index (κ1) is 13.2. The summed E-state index contributed by atoms with van der Waals surface area (Å²) in [5.41, 5.74) is 2.09. The van der Waals surface area contributed by atoms with Crippen molar-refractivity contribution in [3.63, 3.8) is 0 Å². The van der Waals surface area contributed by atoms with Gasteiger partial charge in [-0.25, -0.2) is 0 Å². The third-order valence-corrected chi connectivity index (χ3v) is 4.51. The van der Waals surface area contributed by atoms with Crippen LogP contribution in [0, 0.1) is 18.8 Å². The minimum Gasteiger partial charge on any atom is -0.367 e. The van der Waals surface area contributed by atoms with E-state index in [2.05, 4.69) is 5.32 Å². The van der Waals surface area contributed by atoms with Gasteiger partial charge >= 0.3 is 0 Å². The molecule has 1 N–H and O–H groups in total. The van der Waals surface area contributed by atoms with Gasteiger partial charge in [-0.3, -0.25) is 14.5 Å². The van der Waals surface area contributed by atoms with Crippen LogP contribution in [-0.2, 0) is 9.59 Å². The number of nitrogens with one attached hydrogen (secondary N) is 1. The second-order valence-electron chi connectivity index (χ2n) is 5.75. The first-order chi connectivity index (χ1) is 9.68. The number of imide groups is 1. The SMILES string of the molecule is Cc1ccccc1NCN1C(=O)[C@H]2CCCC[C@@H]2C1=O. The maximum Gasteiger partial charge on any atom is 0.234 e. The van der Waals surface area contributed by atoms with Gasteiger partial charge in [0.1, 0.15) is 0 Å². The molecule has 1 heterocycles. The third kappa shape index (κ3) is 2.19. The number of fused-ring (bicyclic) bond motifs is 1. The summed E-state index contributed by atoms with van der Waals surface area (Å²) in [6.07, 6.45) is 3.88. The van der Waals surface area contributed by atoms with Crippen molar-refractivity contribution >= 4 is 17.5 Å². The van der Waals surface area contributed by atoms with Crippen LogP contribution < -0.4 is 5.32 Å². The summed E-state index contributed by atoms with van der Waals surface area (Å²) in [5.74, 6) is -0.0913. The third-order valence-electron chi connectivity index (χ3n) is 4.51. The normalized spacial score (nSPS) is 25.8. The Morgan fingerprint density at radius 2 is 1.70 bits per heavy atom. The number of nitrogens with zero attached hydrogens (tertiary/aromatic N) is 1. The maximum absolute atomic E-state index is 12.3. The van der Waals surface area contributed by atoms with Gasteiger partial charge in [0.05, 0.1) is 18.5 Å². The predicted octanol–water partition coefficient (Wildman–Crippen LogP) is 2.54. The van der Waals surface area contributed by atoms with Gasteiger partial charge < -0.3 is 5.32 Å². The van der Waals surface area contributed by atoms with Crippen molar-refractivity contribution in [2.24, 2.45) is 11.8 Å². The number of anilines is 1. The minimum atomic E-state index is -0.0603. The summed E-state index contributed by atoms with van der Waals surface area (Å²) >= 11 is 0. The Kier molecular flexibility index (Phi) is 3.47. The fourth-order valence-corrected chi connectivity index (χ4v) is 3.32. The topological polar surface area (TPSA) is 49.4 Å². The molecule has 0 aromatic heterocycles. The lowest BCUT2D eigenvalue weighted by molar-refractivity contribution is -0.139. The van der Waals surface area contributed by atoms with Crippen molar-refractivity contribution < 1.29 is 9.59 Å². The van der Waals surface area contributed by atoms with Crippen LogP contribution in [0.5, 0.6) is 0 Å². The van der Waals surface area contributed by atoms with E-state index in [1.807, 2.05) is 31.2 Å². The number of benzene rings is 1. The van der Waals surface area contributed by atoms with Gasteiger partial charge in [0, 0.05) is 5.69 Å². The van der Waals surface area contributed by atoms with E-state index < -0.39 is 0 Å². The lowest BCUT2D eigenvalue weighted by Gasteiger charge is -2.19. The monoisotopic (exact) mass is 272 g/mol. The number of hydrogen-bond acceptors (Lipinski definition) is 3. The maximum atomic E-state index is 12.3. The van der Waals surface area contributed by atoms with Gasteiger partial charge in [-0.15, -0.1) is 0 Å². The Bertz CT molecular complexity index is 517. The van der Waals surface area contributed by atoms with Crippen molar-refractivity contribution in [3.05, 3.63) is 29.8 Å². The predicted molar refractivity (Wildman–Crippen MR) is 77.0 cm³/mol. The van der Waals surface area contributed by atoms with E-state index in [4.69, 9.17) is 0 Å². The molecule has 0 spiro atoms. The summed E-state index contributed by atoms with van der Waals surface area (Å²) in [6.45, 7) is 2.30. The molecule has 1 aromatic rings. The number of para-hydroxylation sites is 1. The molecular formula is C16H20N2O2. The molecule has 2 fully saturated rings. The highest BCUT2D eigenvalue weighted by molar-refractivity contribution is 6.05. The number of likely N-dealkylation sites (tertiary alicyclic amines) is 1. The first-order valence-electron chi connectivity index (χ1n) is 7.33. The molecule has 1 saturated carbocycles. The second kappa shape index (κ2) is 5.27. The average molecular weight is 272 g/mol. The molecule has 20 heavy (non-hydrogen) atoms. The number of carbonyl (C=O) groups excluding carboxylic acids is 2. The molecule has 1 aliphatic heterocycles. The molecule has 106 valence electrons. The molecule has 2 aliphatic rings. The molecule has 2 atom stereocenters. The number of aryl methyl sites for hydroxylation is 1. The van der Waals surface area contributed by atoms with Crippen molar-refractivity contribution in [2.45, 2.75) is 32.6 Å². The van der Waals surface area contributed by atoms with Crippen LogP contribution in [0.25, 0.3) is 0 Å². The Morgan fingerprint density at radius 3 is 2.30 bits per heavy atom. The molecule has 0 radical (unpaired) electrons. The van der Waals surface area contributed by atoms with Crippen LogP contribution in [0.2, 0.25) is 0 Å². The minimum absolute atomic E-state index is 0.0146. The number of hydrogen-bond donors (Lipinski definition) is 1. The van der Waals surface area contributed by atoms with E-state index in [1.165, 1.54) is 4.90 Å². The highest BCUT2D eigenvalue weighted by Gasteiger charge is 2.47. The number of carbonyl (C=O) groups is 2. The van der Waals surface area contributed by atoms with Crippen LogP contribution >= 0.6 is 0 Å². The van der Waals surface area contributed by atoms with Gasteiger partial charge in [0.2, 0.25) is 11.8 Å². The zero-order valence-electron chi connectivity index (χ0n) is 11.8. The van der Waals surface area contributed by atoms with E-state index in [9.17, 15) is 9.59 Å². The van der Waals surface area contributed by atoms with E-state index in [0.29, 0.717) is 0 Å². The van der Waals surface area contributed by atoms with E-state index >= 15 is 0 Å². The standard InChI is InChI=1S/C16H20N2O2/c1-11-6-2-5-9-14(11)17-10-18-15(19)12-7-3-4-8-13(12)16(18)20/h2,5-6,9,12-13,17H,3-4,7-8,10H2,1H3/t12-,13-/m0/s1. The molecule has 1 aliphatic carbocycles. The lowest BCUT2D eigenvalue weighted by atomic mass is 9.81. The van der Waals surface area contributed by atoms with Gasteiger partial charge in [-0.05, 0) is 31.4 Å². The van der Waals surface area contributed by atoms with Gasteiger partial charge in [0.15, 0.2) is 0 Å². The summed E-state index contributed by atoms with van der Waals surface area (Å²) < 4.78 is 0. The molecule has 4 nitrogen and oxygen atoms in total. The molecule has 0 bridgehead atoms. The molecule has 1 aromatic carbocycles. The smallest absolute Gasteiger partial charge is 0.234 e. The van der Waals surface area contributed by atoms with Crippen molar-refractivity contribution in [1.29, 1.82) is 0 Å². The summed E-state index contributed by atoms with van der Waals surface area (Å²) in [4.78, 5) is 26.1. The van der Waals surface area contributed by atoms with E-state index in [-0.39, 0.29) is 30.3 Å². The first-order valence-corrected chi connectivity index (χ1v) is 7.33. The van der Waals surface area contributed by atoms with Crippen molar-refractivity contribution in [3.8, 4) is 0 Å². The second-order valence-corrected chi connectivity index (χ2v) is 5.75. The molecule has 0 unspecified atom stereocenters. The molecular weight excluding hydrogens is 252 g/mol. The highest BCUT2D eigenvalue weighted by atomic mass is 16.2. The highest BCUT2D eigenvalue weighted by Crippen LogP contribution is 2.37. The van der Waals surface area contributed by atoms with E-state index in [0.717, 1.165) is 36.9 Å². The average Bonchev–Trinajstić information content (AvgIpc) is 2.71. The fourth-order valence-electron chi connectivity index (χ4n) is 3.32. The summed E-state index contributed by atoms with van der Waals surface area (Å²) in [6, 6.07) is 7.90. The Labute approximate surface area is 119 Å². The fraction of sp³-hybridized carbons (Fsp3) is 0.500. The summed E-state index contributed by atoms with van der Waals surface area (Å²) in [7, 11) is 0. The summed E-state index contributed by atoms with van der Waals surface area (Å²) in [5, 5.41) is 3.21. The van der Waals surface area contributed by atoms with E-state index in [1.54, 1.807) is 0 Å².